The summed E-state index contributed by atoms with van der Waals surface area (Å²) in [5.41, 5.74) is 0.963. The number of nitrogens with one attached hydrogen (secondary N) is 1. The van der Waals surface area contributed by atoms with Gasteiger partial charge in [0, 0.05) is 24.7 Å². The maximum absolute atomic E-state index is 12.2. The summed E-state index contributed by atoms with van der Waals surface area (Å²) in [5.74, 6) is 0.211. The Balaban J connectivity index is 1.97. The monoisotopic (exact) mass is 284 g/mol. The molecule has 3 unspecified atom stereocenters. The van der Waals surface area contributed by atoms with E-state index in [2.05, 4.69) is 28.9 Å². The molecule has 3 atom stereocenters. The molecular formula is C15H22F2N2O. The highest BCUT2D eigenvalue weighted by molar-refractivity contribution is 5.30. The van der Waals surface area contributed by atoms with Gasteiger partial charge in [-0.3, -0.25) is 0 Å². The van der Waals surface area contributed by atoms with E-state index in [4.69, 9.17) is 0 Å². The summed E-state index contributed by atoms with van der Waals surface area (Å²) in [6, 6.07) is 8.02. The van der Waals surface area contributed by atoms with E-state index >= 15 is 0 Å². The van der Waals surface area contributed by atoms with Crippen LogP contribution in [0.5, 0.6) is 5.75 Å². The van der Waals surface area contributed by atoms with Gasteiger partial charge in [0.2, 0.25) is 0 Å². The Morgan fingerprint density at radius 1 is 1.40 bits per heavy atom. The van der Waals surface area contributed by atoms with Crippen molar-refractivity contribution < 1.29 is 13.5 Å². The van der Waals surface area contributed by atoms with Crippen LogP contribution < -0.4 is 10.1 Å². The molecule has 1 aliphatic rings. The molecule has 0 saturated carbocycles. The predicted octanol–water partition coefficient (Wildman–Crippen LogP) is 3.03. The first-order chi connectivity index (χ1) is 9.45. The molecule has 1 aromatic carbocycles. The van der Waals surface area contributed by atoms with Gasteiger partial charge in [0.25, 0.3) is 0 Å². The van der Waals surface area contributed by atoms with Crippen molar-refractivity contribution in [2.75, 3.05) is 13.6 Å². The van der Waals surface area contributed by atoms with E-state index in [1.54, 1.807) is 18.2 Å². The zero-order chi connectivity index (χ0) is 14.7. The lowest BCUT2D eigenvalue weighted by molar-refractivity contribution is -0.0499. The summed E-state index contributed by atoms with van der Waals surface area (Å²) in [6.07, 6.45) is 1.11. The molecule has 0 aliphatic carbocycles. The first-order valence-electron chi connectivity index (χ1n) is 6.96. The standard InChI is InChI=1S/C15H22F2N2O/c1-10-7-13(9-19(10)3)18-11(2)12-5-4-6-14(8-12)20-15(16)17/h4-6,8,10-11,13,15,18H,7,9H2,1-3H3. The molecule has 1 heterocycles. The summed E-state index contributed by atoms with van der Waals surface area (Å²) in [6.45, 7) is 2.49. The highest BCUT2D eigenvalue weighted by atomic mass is 19.3. The second kappa shape index (κ2) is 6.50. The molecule has 1 N–H and O–H groups in total. The summed E-state index contributed by atoms with van der Waals surface area (Å²) >= 11 is 0. The van der Waals surface area contributed by atoms with Gasteiger partial charge in [0.1, 0.15) is 5.75 Å². The zero-order valence-corrected chi connectivity index (χ0v) is 12.1. The molecule has 2 rings (SSSR count). The van der Waals surface area contributed by atoms with Gasteiger partial charge in [-0.25, -0.2) is 0 Å². The van der Waals surface area contributed by atoms with Crippen molar-refractivity contribution in [3.05, 3.63) is 29.8 Å². The van der Waals surface area contributed by atoms with Crippen molar-refractivity contribution in [1.82, 2.24) is 10.2 Å². The lowest BCUT2D eigenvalue weighted by atomic mass is 10.1. The Hall–Kier alpha value is -1.20. The molecule has 0 bridgehead atoms. The van der Waals surface area contributed by atoms with Crippen LogP contribution in [0.1, 0.15) is 31.9 Å². The zero-order valence-electron chi connectivity index (χ0n) is 12.1. The van der Waals surface area contributed by atoms with Gasteiger partial charge in [-0.15, -0.1) is 0 Å². The normalized spacial score (nSPS) is 25.1. The Labute approximate surface area is 118 Å². The fourth-order valence-corrected chi connectivity index (χ4v) is 2.72. The van der Waals surface area contributed by atoms with Gasteiger partial charge in [-0.2, -0.15) is 8.78 Å². The molecule has 0 aromatic heterocycles. The average molecular weight is 284 g/mol. The maximum Gasteiger partial charge on any atom is 0.387 e. The number of ether oxygens (including phenoxy) is 1. The van der Waals surface area contributed by atoms with Crippen molar-refractivity contribution >= 4 is 0 Å². The number of hydrogen-bond donors (Lipinski definition) is 1. The number of alkyl halides is 2. The van der Waals surface area contributed by atoms with Crippen molar-refractivity contribution in [3.8, 4) is 5.75 Å². The maximum atomic E-state index is 12.2. The first-order valence-corrected chi connectivity index (χ1v) is 6.96. The van der Waals surface area contributed by atoms with Crippen molar-refractivity contribution in [2.45, 2.75) is 45.0 Å². The molecule has 112 valence electrons. The molecule has 0 radical (unpaired) electrons. The second-order valence-electron chi connectivity index (χ2n) is 5.56. The SMILES string of the molecule is CC(NC1CC(C)N(C)C1)c1cccc(OC(F)F)c1. The second-order valence-corrected chi connectivity index (χ2v) is 5.56. The van der Waals surface area contributed by atoms with Gasteiger partial charge >= 0.3 is 6.61 Å². The molecule has 3 nitrogen and oxygen atoms in total. The van der Waals surface area contributed by atoms with E-state index in [-0.39, 0.29) is 11.8 Å². The Morgan fingerprint density at radius 2 is 2.15 bits per heavy atom. The molecular weight excluding hydrogens is 262 g/mol. The quantitative estimate of drug-likeness (QED) is 0.899. The topological polar surface area (TPSA) is 24.5 Å². The van der Waals surface area contributed by atoms with Gasteiger partial charge < -0.3 is 15.0 Å². The molecule has 1 aromatic rings. The third-order valence-electron chi connectivity index (χ3n) is 3.96. The van der Waals surface area contributed by atoms with E-state index in [1.807, 2.05) is 13.0 Å². The van der Waals surface area contributed by atoms with Crippen LogP contribution in [-0.4, -0.2) is 37.2 Å². The summed E-state index contributed by atoms with van der Waals surface area (Å²) in [4.78, 5) is 2.32. The first kappa shape index (κ1) is 15.2. The van der Waals surface area contributed by atoms with E-state index in [0.29, 0.717) is 12.1 Å². The smallest absolute Gasteiger partial charge is 0.387 e. The Kier molecular flexibility index (Phi) is 4.94. The lowest BCUT2D eigenvalue weighted by Gasteiger charge is -2.20. The van der Waals surface area contributed by atoms with Crippen molar-refractivity contribution in [3.63, 3.8) is 0 Å². The highest BCUT2D eigenvalue weighted by Crippen LogP contribution is 2.23. The fraction of sp³-hybridized carbons (Fsp3) is 0.600. The van der Waals surface area contributed by atoms with E-state index in [1.165, 1.54) is 0 Å². The van der Waals surface area contributed by atoms with Gasteiger partial charge in [0.05, 0.1) is 0 Å². The molecule has 5 heteroatoms. The lowest BCUT2D eigenvalue weighted by Crippen LogP contribution is -2.33. The number of hydrogen-bond acceptors (Lipinski definition) is 3. The third kappa shape index (κ3) is 3.90. The molecule has 1 fully saturated rings. The van der Waals surface area contributed by atoms with Crippen molar-refractivity contribution in [1.29, 1.82) is 0 Å². The van der Waals surface area contributed by atoms with Crippen molar-refractivity contribution in [2.24, 2.45) is 0 Å². The predicted molar refractivity (Wildman–Crippen MR) is 75.1 cm³/mol. The largest absolute Gasteiger partial charge is 0.435 e. The molecule has 0 amide bonds. The van der Waals surface area contributed by atoms with E-state index in [9.17, 15) is 8.78 Å². The van der Waals surface area contributed by atoms with Crippen LogP contribution in [0.2, 0.25) is 0 Å². The minimum absolute atomic E-state index is 0.111. The Morgan fingerprint density at radius 3 is 2.75 bits per heavy atom. The minimum Gasteiger partial charge on any atom is -0.435 e. The third-order valence-corrected chi connectivity index (χ3v) is 3.96. The number of benzene rings is 1. The molecule has 20 heavy (non-hydrogen) atoms. The Bertz CT molecular complexity index is 432. The van der Waals surface area contributed by atoms with E-state index in [0.717, 1.165) is 18.5 Å². The van der Waals surface area contributed by atoms with Crippen LogP contribution in [0.25, 0.3) is 0 Å². The van der Waals surface area contributed by atoms with Gasteiger partial charge in [0.15, 0.2) is 0 Å². The van der Waals surface area contributed by atoms with Crippen LogP contribution in [0.3, 0.4) is 0 Å². The highest BCUT2D eigenvalue weighted by Gasteiger charge is 2.27. The average Bonchev–Trinajstić information content (AvgIpc) is 2.67. The van der Waals surface area contributed by atoms with E-state index < -0.39 is 6.61 Å². The summed E-state index contributed by atoms with van der Waals surface area (Å²) < 4.78 is 28.9. The van der Waals surface area contributed by atoms with Crippen LogP contribution in [0.15, 0.2) is 24.3 Å². The molecule has 0 spiro atoms. The van der Waals surface area contributed by atoms with Crippen LogP contribution in [0, 0.1) is 0 Å². The van der Waals surface area contributed by atoms with Crippen LogP contribution >= 0.6 is 0 Å². The van der Waals surface area contributed by atoms with Crippen LogP contribution in [0.4, 0.5) is 8.78 Å². The number of halogens is 2. The minimum atomic E-state index is -2.78. The van der Waals surface area contributed by atoms with Crippen LogP contribution in [-0.2, 0) is 0 Å². The molecule has 1 aliphatic heterocycles. The summed E-state index contributed by atoms with van der Waals surface area (Å²) in [7, 11) is 2.12. The van der Waals surface area contributed by atoms with Gasteiger partial charge in [-0.05, 0) is 45.0 Å². The number of likely N-dealkylation sites (tertiary alicyclic amines) is 1. The summed E-state index contributed by atoms with van der Waals surface area (Å²) in [5, 5.41) is 3.55. The molecule has 1 saturated heterocycles. The number of likely N-dealkylation sites (N-methyl/N-ethyl adjacent to an activating group) is 1. The van der Waals surface area contributed by atoms with Gasteiger partial charge in [-0.1, -0.05) is 12.1 Å². The fourth-order valence-electron chi connectivity index (χ4n) is 2.72. The number of rotatable bonds is 5. The number of nitrogens with zero attached hydrogens (tertiary/aromatic N) is 1.